The highest BCUT2D eigenvalue weighted by Crippen LogP contribution is 2.16. The van der Waals surface area contributed by atoms with Gasteiger partial charge in [0, 0.05) is 20.3 Å². The molecule has 0 rings (SSSR count). The zero-order valence-corrected chi connectivity index (χ0v) is 12.8. The van der Waals surface area contributed by atoms with Crippen molar-refractivity contribution in [3.63, 3.8) is 0 Å². The average Bonchev–Trinajstić information content (AvgIpc) is 2.20. The van der Waals surface area contributed by atoms with Crippen LogP contribution in [-0.4, -0.2) is 28.6 Å². The molecule has 0 aliphatic rings. The molecule has 0 aromatic rings. The van der Waals surface area contributed by atoms with E-state index >= 15 is 0 Å². The van der Waals surface area contributed by atoms with E-state index < -0.39 is 8.32 Å². The average molecular weight is 246 g/mol. The number of ether oxygens (including phenoxy) is 1. The van der Waals surface area contributed by atoms with Gasteiger partial charge >= 0.3 is 0 Å². The van der Waals surface area contributed by atoms with Gasteiger partial charge in [0.2, 0.25) is 0 Å². The lowest BCUT2D eigenvalue weighted by atomic mass is 9.99. The van der Waals surface area contributed by atoms with Crippen LogP contribution in [0.3, 0.4) is 0 Å². The summed E-state index contributed by atoms with van der Waals surface area (Å²) in [7, 11) is 0.433. The van der Waals surface area contributed by atoms with Crippen molar-refractivity contribution in [2.75, 3.05) is 20.3 Å². The fraction of sp³-hybridized carbons (Fsp3) is 1.00. The van der Waals surface area contributed by atoms with Crippen LogP contribution < -0.4 is 0 Å². The van der Waals surface area contributed by atoms with Gasteiger partial charge in [-0.15, -0.1) is 0 Å². The van der Waals surface area contributed by atoms with Gasteiger partial charge < -0.3 is 9.16 Å². The maximum atomic E-state index is 6.00. The van der Waals surface area contributed by atoms with E-state index in [0.29, 0.717) is 5.92 Å². The highest BCUT2D eigenvalue weighted by molar-refractivity contribution is 6.69. The van der Waals surface area contributed by atoms with Crippen molar-refractivity contribution in [3.8, 4) is 0 Å². The first-order valence-corrected chi connectivity index (χ1v) is 10.0. The first-order chi connectivity index (χ1) is 7.49. The Balaban J connectivity index is 3.80. The molecule has 0 fully saturated rings. The standard InChI is InChI=1S/C13H30O2Si/c1-6-7-8-9-13(10-11-14-2)12-15-16(3,4)5/h13H,6-12H2,1-5H3. The fourth-order valence-electron chi connectivity index (χ4n) is 1.65. The lowest BCUT2D eigenvalue weighted by Gasteiger charge is -2.23. The van der Waals surface area contributed by atoms with Crippen LogP contribution in [0.2, 0.25) is 19.6 Å². The van der Waals surface area contributed by atoms with Crippen LogP contribution in [0.15, 0.2) is 0 Å². The molecule has 0 saturated heterocycles. The van der Waals surface area contributed by atoms with Gasteiger partial charge in [0.05, 0.1) is 0 Å². The lowest BCUT2D eigenvalue weighted by Crippen LogP contribution is -2.29. The van der Waals surface area contributed by atoms with Gasteiger partial charge in [-0.1, -0.05) is 26.2 Å². The SMILES string of the molecule is CCCCCC(CCOC)CO[Si](C)(C)C. The van der Waals surface area contributed by atoms with Gasteiger partial charge in [-0.05, 0) is 38.4 Å². The Bertz CT molecular complexity index is 155. The van der Waals surface area contributed by atoms with Crippen molar-refractivity contribution in [1.82, 2.24) is 0 Å². The summed E-state index contributed by atoms with van der Waals surface area (Å²) < 4.78 is 11.2. The molecule has 0 saturated carbocycles. The Morgan fingerprint density at radius 2 is 1.75 bits per heavy atom. The van der Waals surface area contributed by atoms with Crippen molar-refractivity contribution in [2.45, 2.75) is 58.7 Å². The van der Waals surface area contributed by atoms with Gasteiger partial charge in [-0.2, -0.15) is 0 Å². The summed E-state index contributed by atoms with van der Waals surface area (Å²) in [6, 6.07) is 0. The highest BCUT2D eigenvalue weighted by atomic mass is 28.4. The molecule has 3 heteroatoms. The van der Waals surface area contributed by atoms with Crippen LogP contribution in [0, 0.1) is 5.92 Å². The van der Waals surface area contributed by atoms with Gasteiger partial charge in [0.15, 0.2) is 8.32 Å². The molecule has 0 aromatic carbocycles. The largest absolute Gasteiger partial charge is 0.417 e. The molecule has 0 N–H and O–H groups in total. The van der Waals surface area contributed by atoms with Crippen LogP contribution in [0.25, 0.3) is 0 Å². The summed E-state index contributed by atoms with van der Waals surface area (Å²) in [4.78, 5) is 0. The molecule has 0 aromatic heterocycles. The van der Waals surface area contributed by atoms with E-state index in [1.807, 2.05) is 0 Å². The molecular weight excluding hydrogens is 216 g/mol. The zero-order chi connectivity index (χ0) is 12.4. The molecule has 16 heavy (non-hydrogen) atoms. The topological polar surface area (TPSA) is 18.5 Å². The molecule has 0 aliphatic heterocycles. The minimum absolute atomic E-state index is 0.693. The normalized spacial score (nSPS) is 14.1. The molecule has 0 radical (unpaired) electrons. The maximum Gasteiger partial charge on any atom is 0.183 e. The maximum absolute atomic E-state index is 6.00. The predicted octanol–water partition coefficient (Wildman–Crippen LogP) is 4.07. The third-order valence-electron chi connectivity index (χ3n) is 2.70. The second-order valence-electron chi connectivity index (χ2n) is 5.57. The first kappa shape index (κ1) is 16.1. The van der Waals surface area contributed by atoms with Crippen molar-refractivity contribution in [1.29, 1.82) is 0 Å². The van der Waals surface area contributed by atoms with Crippen molar-refractivity contribution in [3.05, 3.63) is 0 Å². The van der Waals surface area contributed by atoms with E-state index in [-0.39, 0.29) is 0 Å². The summed E-state index contributed by atoms with van der Waals surface area (Å²) in [5.74, 6) is 0.693. The number of methoxy groups -OCH3 is 1. The summed E-state index contributed by atoms with van der Waals surface area (Å²) in [5, 5.41) is 0. The summed E-state index contributed by atoms with van der Waals surface area (Å²) in [6.45, 7) is 10.8. The molecule has 0 amide bonds. The third-order valence-corrected chi connectivity index (χ3v) is 3.73. The van der Waals surface area contributed by atoms with Crippen molar-refractivity contribution in [2.24, 2.45) is 5.92 Å². The Labute approximate surface area is 103 Å². The van der Waals surface area contributed by atoms with Crippen LogP contribution in [-0.2, 0) is 9.16 Å². The van der Waals surface area contributed by atoms with E-state index in [0.717, 1.165) is 19.6 Å². The minimum atomic E-state index is -1.35. The minimum Gasteiger partial charge on any atom is -0.417 e. The molecule has 1 atom stereocenters. The molecule has 2 nitrogen and oxygen atoms in total. The van der Waals surface area contributed by atoms with Gasteiger partial charge in [0.25, 0.3) is 0 Å². The quantitative estimate of drug-likeness (QED) is 0.427. The lowest BCUT2D eigenvalue weighted by molar-refractivity contribution is 0.147. The first-order valence-electron chi connectivity index (χ1n) is 6.62. The highest BCUT2D eigenvalue weighted by Gasteiger charge is 2.17. The number of hydrogen-bond donors (Lipinski definition) is 0. The van der Waals surface area contributed by atoms with Crippen LogP contribution in [0.1, 0.15) is 39.0 Å². The molecule has 1 unspecified atom stereocenters. The predicted molar refractivity (Wildman–Crippen MR) is 73.4 cm³/mol. The second kappa shape index (κ2) is 9.20. The van der Waals surface area contributed by atoms with Crippen molar-refractivity contribution >= 4 is 8.32 Å². The smallest absolute Gasteiger partial charge is 0.183 e. The Morgan fingerprint density at radius 1 is 1.06 bits per heavy atom. The van der Waals surface area contributed by atoms with Gasteiger partial charge in [-0.25, -0.2) is 0 Å². The molecule has 0 heterocycles. The van der Waals surface area contributed by atoms with Gasteiger partial charge in [0.1, 0.15) is 0 Å². The number of rotatable bonds is 10. The van der Waals surface area contributed by atoms with E-state index in [9.17, 15) is 0 Å². The Morgan fingerprint density at radius 3 is 2.25 bits per heavy atom. The van der Waals surface area contributed by atoms with Crippen molar-refractivity contribution < 1.29 is 9.16 Å². The molecule has 0 aliphatic carbocycles. The Kier molecular flexibility index (Phi) is 9.28. The van der Waals surface area contributed by atoms with Gasteiger partial charge in [-0.3, -0.25) is 0 Å². The molecule has 0 bridgehead atoms. The van der Waals surface area contributed by atoms with Crippen LogP contribution >= 0.6 is 0 Å². The van der Waals surface area contributed by atoms with E-state index in [2.05, 4.69) is 26.6 Å². The Hall–Kier alpha value is 0.137. The molecular formula is C13H30O2Si. The second-order valence-corrected chi connectivity index (χ2v) is 10.1. The summed E-state index contributed by atoms with van der Waals surface area (Å²) >= 11 is 0. The number of hydrogen-bond acceptors (Lipinski definition) is 2. The van der Waals surface area contributed by atoms with E-state index in [1.54, 1.807) is 7.11 Å². The fourth-order valence-corrected chi connectivity index (χ4v) is 2.38. The third kappa shape index (κ3) is 10.6. The monoisotopic (exact) mass is 246 g/mol. The van der Waals surface area contributed by atoms with Crippen LogP contribution in [0.5, 0.6) is 0 Å². The van der Waals surface area contributed by atoms with Crippen LogP contribution in [0.4, 0.5) is 0 Å². The summed E-state index contributed by atoms with van der Waals surface area (Å²) in [6.07, 6.45) is 6.41. The van der Waals surface area contributed by atoms with E-state index in [4.69, 9.17) is 9.16 Å². The zero-order valence-electron chi connectivity index (χ0n) is 11.8. The molecule has 98 valence electrons. The molecule has 0 spiro atoms. The summed E-state index contributed by atoms with van der Waals surface area (Å²) in [5.41, 5.74) is 0. The van der Waals surface area contributed by atoms with E-state index in [1.165, 1.54) is 25.7 Å². The number of unbranched alkanes of at least 4 members (excludes halogenated alkanes) is 2.